The van der Waals surface area contributed by atoms with E-state index in [0.29, 0.717) is 12.2 Å². The van der Waals surface area contributed by atoms with Crippen LogP contribution in [0.1, 0.15) is 19.8 Å². The first-order chi connectivity index (χ1) is 9.47. The molecular formula is C13H22N2O4S. The van der Waals surface area contributed by atoms with E-state index in [4.69, 9.17) is 15.6 Å². The molecule has 0 spiro atoms. The van der Waals surface area contributed by atoms with E-state index >= 15 is 0 Å². The first-order valence-electron chi connectivity index (χ1n) is 6.51. The Morgan fingerprint density at radius 1 is 1.35 bits per heavy atom. The molecule has 0 bridgehead atoms. The molecule has 7 heteroatoms. The monoisotopic (exact) mass is 302 g/mol. The van der Waals surface area contributed by atoms with Crippen LogP contribution < -0.4 is 10.5 Å². The van der Waals surface area contributed by atoms with Gasteiger partial charge in [0, 0.05) is 24.8 Å². The maximum atomic E-state index is 12.6. The van der Waals surface area contributed by atoms with E-state index in [9.17, 15) is 8.42 Å². The predicted molar refractivity (Wildman–Crippen MR) is 78.2 cm³/mol. The largest absolute Gasteiger partial charge is 0.495 e. The smallest absolute Gasteiger partial charge is 0.246 e. The molecule has 20 heavy (non-hydrogen) atoms. The molecule has 1 aromatic rings. The Hall–Kier alpha value is -1.31. The van der Waals surface area contributed by atoms with Crippen molar-refractivity contribution in [3.8, 4) is 5.75 Å². The van der Waals surface area contributed by atoms with Crippen LogP contribution in [0.3, 0.4) is 0 Å². The van der Waals surface area contributed by atoms with Crippen molar-refractivity contribution in [2.24, 2.45) is 0 Å². The molecule has 1 rings (SSSR count). The van der Waals surface area contributed by atoms with Gasteiger partial charge in [0.2, 0.25) is 10.0 Å². The van der Waals surface area contributed by atoms with Crippen molar-refractivity contribution < 1.29 is 18.3 Å². The summed E-state index contributed by atoms with van der Waals surface area (Å²) in [5, 5.41) is 9.06. The van der Waals surface area contributed by atoms with Crippen LogP contribution in [0.4, 0.5) is 5.69 Å². The topological polar surface area (TPSA) is 92.9 Å². The number of hydrogen-bond donors (Lipinski definition) is 2. The van der Waals surface area contributed by atoms with Gasteiger partial charge in [-0.1, -0.05) is 13.3 Å². The average molecular weight is 302 g/mol. The van der Waals surface area contributed by atoms with Crippen molar-refractivity contribution >= 4 is 15.7 Å². The standard InChI is InChI=1S/C13H22N2O4S/c1-3-4-7-15(8-9-16)20(17,18)13-6-5-11(14)10-12(13)19-2/h5-6,10,16H,3-4,7-9,14H2,1-2H3. The quantitative estimate of drug-likeness (QED) is 0.700. The number of unbranched alkanes of at least 4 members (excludes halogenated alkanes) is 1. The van der Waals surface area contributed by atoms with E-state index < -0.39 is 10.0 Å². The number of anilines is 1. The normalized spacial score (nSPS) is 11.8. The van der Waals surface area contributed by atoms with Crippen LogP contribution in [0.15, 0.2) is 23.1 Å². The number of aliphatic hydroxyl groups is 1. The summed E-state index contributed by atoms with van der Waals surface area (Å²) in [6.45, 7) is 2.19. The van der Waals surface area contributed by atoms with Crippen LogP contribution in [-0.4, -0.2) is 44.6 Å². The lowest BCUT2D eigenvalue weighted by Gasteiger charge is -2.22. The molecule has 0 fully saturated rings. The molecule has 0 saturated carbocycles. The summed E-state index contributed by atoms with van der Waals surface area (Å²) < 4.78 is 31.6. The van der Waals surface area contributed by atoms with Crippen molar-refractivity contribution in [2.75, 3.05) is 32.5 Å². The van der Waals surface area contributed by atoms with Gasteiger partial charge < -0.3 is 15.6 Å². The molecule has 1 aromatic carbocycles. The van der Waals surface area contributed by atoms with Gasteiger partial charge in [0.1, 0.15) is 10.6 Å². The van der Waals surface area contributed by atoms with Gasteiger partial charge in [-0.05, 0) is 18.6 Å². The first-order valence-corrected chi connectivity index (χ1v) is 7.95. The van der Waals surface area contributed by atoms with Crippen molar-refractivity contribution in [3.05, 3.63) is 18.2 Å². The Labute approximate surface area is 120 Å². The summed E-state index contributed by atoms with van der Waals surface area (Å²) in [6.07, 6.45) is 1.60. The molecule has 0 unspecified atom stereocenters. The fourth-order valence-electron chi connectivity index (χ4n) is 1.83. The zero-order chi connectivity index (χ0) is 15.2. The van der Waals surface area contributed by atoms with Gasteiger partial charge in [-0.2, -0.15) is 4.31 Å². The van der Waals surface area contributed by atoms with Crippen molar-refractivity contribution in [1.82, 2.24) is 4.31 Å². The summed E-state index contributed by atoms with van der Waals surface area (Å²) >= 11 is 0. The molecule has 3 N–H and O–H groups in total. The highest BCUT2D eigenvalue weighted by molar-refractivity contribution is 7.89. The number of benzene rings is 1. The van der Waals surface area contributed by atoms with Crippen LogP contribution in [0.5, 0.6) is 5.75 Å². The minimum atomic E-state index is -3.70. The van der Waals surface area contributed by atoms with Gasteiger partial charge in [-0.3, -0.25) is 0 Å². The molecule has 0 amide bonds. The van der Waals surface area contributed by atoms with Crippen LogP contribution in [-0.2, 0) is 10.0 Å². The van der Waals surface area contributed by atoms with Gasteiger partial charge in [0.05, 0.1) is 13.7 Å². The number of ether oxygens (including phenoxy) is 1. The number of methoxy groups -OCH3 is 1. The third kappa shape index (κ3) is 3.84. The molecule has 6 nitrogen and oxygen atoms in total. The lowest BCUT2D eigenvalue weighted by molar-refractivity contribution is 0.252. The van der Waals surface area contributed by atoms with Crippen LogP contribution >= 0.6 is 0 Å². The average Bonchev–Trinajstić information content (AvgIpc) is 2.42. The highest BCUT2D eigenvalue weighted by Crippen LogP contribution is 2.28. The molecule has 0 radical (unpaired) electrons. The van der Waals surface area contributed by atoms with Gasteiger partial charge in [-0.15, -0.1) is 0 Å². The maximum absolute atomic E-state index is 12.6. The molecule has 114 valence electrons. The second kappa shape index (κ2) is 7.47. The number of nitrogens with two attached hydrogens (primary N) is 1. The molecule has 0 aliphatic carbocycles. The molecule has 0 aromatic heterocycles. The van der Waals surface area contributed by atoms with E-state index in [0.717, 1.165) is 12.8 Å². The van der Waals surface area contributed by atoms with E-state index in [1.807, 2.05) is 6.92 Å². The Bertz CT molecular complexity index is 531. The zero-order valence-electron chi connectivity index (χ0n) is 11.9. The summed E-state index contributed by atoms with van der Waals surface area (Å²) in [5.74, 6) is 0.212. The first kappa shape index (κ1) is 16.7. The summed E-state index contributed by atoms with van der Waals surface area (Å²) in [7, 11) is -2.30. The minimum absolute atomic E-state index is 0.0653. The molecule has 0 saturated heterocycles. The second-order valence-corrected chi connectivity index (χ2v) is 6.30. The lowest BCUT2D eigenvalue weighted by Crippen LogP contribution is -2.34. The number of aliphatic hydroxyl groups excluding tert-OH is 1. The minimum Gasteiger partial charge on any atom is -0.495 e. The number of rotatable bonds is 8. The zero-order valence-corrected chi connectivity index (χ0v) is 12.7. The van der Waals surface area contributed by atoms with Crippen molar-refractivity contribution in [2.45, 2.75) is 24.7 Å². The number of sulfonamides is 1. The van der Waals surface area contributed by atoms with Gasteiger partial charge in [0.15, 0.2) is 0 Å². The molecule has 0 aliphatic rings. The second-order valence-electron chi connectivity index (χ2n) is 4.39. The summed E-state index contributed by atoms with van der Waals surface area (Å²) in [6, 6.07) is 4.43. The molecule has 0 atom stereocenters. The Balaban J connectivity index is 3.18. The molecular weight excluding hydrogens is 280 g/mol. The highest BCUT2D eigenvalue weighted by atomic mass is 32.2. The number of nitrogen functional groups attached to an aromatic ring is 1. The van der Waals surface area contributed by atoms with Crippen LogP contribution in [0.2, 0.25) is 0 Å². The third-order valence-corrected chi connectivity index (χ3v) is 4.85. The van der Waals surface area contributed by atoms with E-state index in [2.05, 4.69) is 0 Å². The Kier molecular flexibility index (Phi) is 6.25. The van der Waals surface area contributed by atoms with Gasteiger partial charge in [0.25, 0.3) is 0 Å². The van der Waals surface area contributed by atoms with Gasteiger partial charge >= 0.3 is 0 Å². The molecule has 0 heterocycles. The van der Waals surface area contributed by atoms with Crippen LogP contribution in [0.25, 0.3) is 0 Å². The fraction of sp³-hybridized carbons (Fsp3) is 0.538. The van der Waals surface area contributed by atoms with E-state index in [1.54, 1.807) is 0 Å². The number of nitrogens with zero attached hydrogens (tertiary/aromatic N) is 1. The third-order valence-electron chi connectivity index (χ3n) is 2.92. The number of hydrogen-bond acceptors (Lipinski definition) is 5. The Morgan fingerprint density at radius 3 is 2.60 bits per heavy atom. The maximum Gasteiger partial charge on any atom is 0.246 e. The fourth-order valence-corrected chi connectivity index (χ4v) is 3.44. The summed E-state index contributed by atoms with van der Waals surface area (Å²) in [5.41, 5.74) is 6.07. The van der Waals surface area contributed by atoms with Crippen molar-refractivity contribution in [1.29, 1.82) is 0 Å². The summed E-state index contributed by atoms with van der Waals surface area (Å²) in [4.78, 5) is 0.0683. The van der Waals surface area contributed by atoms with Crippen LogP contribution in [0, 0.1) is 0 Å². The predicted octanol–water partition coefficient (Wildman–Crippen LogP) is 1.06. The SMILES string of the molecule is CCCCN(CCO)S(=O)(=O)c1ccc(N)cc1OC. The Morgan fingerprint density at radius 2 is 2.05 bits per heavy atom. The van der Waals surface area contributed by atoms with E-state index in [-0.39, 0.29) is 23.8 Å². The van der Waals surface area contributed by atoms with Crippen molar-refractivity contribution in [3.63, 3.8) is 0 Å². The van der Waals surface area contributed by atoms with E-state index in [1.165, 1.54) is 29.6 Å². The lowest BCUT2D eigenvalue weighted by atomic mass is 10.3. The molecule has 0 aliphatic heterocycles. The van der Waals surface area contributed by atoms with Gasteiger partial charge in [-0.25, -0.2) is 8.42 Å². The highest BCUT2D eigenvalue weighted by Gasteiger charge is 2.27.